The van der Waals surface area contributed by atoms with E-state index in [1.807, 2.05) is 12.1 Å². The van der Waals surface area contributed by atoms with Crippen LogP contribution in [0.3, 0.4) is 0 Å². The summed E-state index contributed by atoms with van der Waals surface area (Å²) in [4.78, 5) is 13.7. The lowest BCUT2D eigenvalue weighted by molar-refractivity contribution is -0.141. The van der Waals surface area contributed by atoms with Crippen molar-refractivity contribution in [1.82, 2.24) is 5.32 Å². The summed E-state index contributed by atoms with van der Waals surface area (Å²) in [5, 5.41) is 3.44. The number of carbonyl (C=O) groups excluding carboxylic acids is 1. The number of anilines is 1. The Labute approximate surface area is 122 Å². The standard InChI is InChI=1S/C14H19BrN2O2/c1-10-8-17(13-5-3-11(15)4-6-13)9-12(16-10)7-14(18)19-2/h3-6,10,12,16H,7-9H2,1-2H3. The fraction of sp³-hybridized carbons (Fsp3) is 0.500. The van der Waals surface area contributed by atoms with Crippen LogP contribution in [0.2, 0.25) is 0 Å². The molecule has 0 saturated carbocycles. The molecular formula is C14H19BrN2O2. The van der Waals surface area contributed by atoms with Gasteiger partial charge in [0.2, 0.25) is 0 Å². The van der Waals surface area contributed by atoms with Gasteiger partial charge in [-0.1, -0.05) is 15.9 Å². The molecule has 0 aliphatic carbocycles. The number of hydrogen-bond donors (Lipinski definition) is 1. The van der Waals surface area contributed by atoms with E-state index in [9.17, 15) is 4.79 Å². The Morgan fingerprint density at radius 3 is 2.74 bits per heavy atom. The monoisotopic (exact) mass is 326 g/mol. The molecule has 1 N–H and O–H groups in total. The average Bonchev–Trinajstić information content (AvgIpc) is 2.38. The van der Waals surface area contributed by atoms with Gasteiger partial charge in [0.25, 0.3) is 0 Å². The molecule has 1 fully saturated rings. The van der Waals surface area contributed by atoms with Crippen LogP contribution in [-0.2, 0) is 9.53 Å². The van der Waals surface area contributed by atoms with Crippen LogP contribution < -0.4 is 10.2 Å². The van der Waals surface area contributed by atoms with Crippen LogP contribution in [-0.4, -0.2) is 38.3 Å². The molecule has 2 rings (SSSR count). The summed E-state index contributed by atoms with van der Waals surface area (Å²) < 4.78 is 5.82. The lowest BCUT2D eigenvalue weighted by Gasteiger charge is -2.38. The van der Waals surface area contributed by atoms with E-state index < -0.39 is 0 Å². The second kappa shape index (κ2) is 6.39. The summed E-state index contributed by atoms with van der Waals surface area (Å²) in [6.45, 7) is 3.90. The number of nitrogens with one attached hydrogen (secondary N) is 1. The molecule has 1 aliphatic heterocycles. The minimum atomic E-state index is -0.164. The van der Waals surface area contributed by atoms with Crippen molar-refractivity contribution >= 4 is 27.6 Å². The first-order valence-electron chi connectivity index (χ1n) is 6.42. The SMILES string of the molecule is COC(=O)CC1CN(c2ccc(Br)cc2)CC(C)N1. The molecule has 2 atom stereocenters. The van der Waals surface area contributed by atoms with E-state index in [2.05, 4.69) is 45.2 Å². The molecule has 1 aliphatic rings. The van der Waals surface area contributed by atoms with Crippen molar-refractivity contribution in [2.45, 2.75) is 25.4 Å². The van der Waals surface area contributed by atoms with E-state index in [1.54, 1.807) is 0 Å². The summed E-state index contributed by atoms with van der Waals surface area (Å²) in [6.07, 6.45) is 0.411. The van der Waals surface area contributed by atoms with Crippen LogP contribution in [0.5, 0.6) is 0 Å². The van der Waals surface area contributed by atoms with Crippen LogP contribution in [0.1, 0.15) is 13.3 Å². The zero-order valence-corrected chi connectivity index (χ0v) is 12.8. The molecule has 0 radical (unpaired) electrons. The minimum absolute atomic E-state index is 0.139. The zero-order chi connectivity index (χ0) is 13.8. The van der Waals surface area contributed by atoms with Gasteiger partial charge in [-0.05, 0) is 31.2 Å². The van der Waals surface area contributed by atoms with Crippen molar-refractivity contribution in [3.8, 4) is 0 Å². The third-order valence-corrected chi connectivity index (χ3v) is 3.82. The van der Waals surface area contributed by atoms with Gasteiger partial charge in [-0.3, -0.25) is 4.79 Å². The second-order valence-corrected chi connectivity index (χ2v) is 5.84. The van der Waals surface area contributed by atoms with Gasteiger partial charge in [-0.2, -0.15) is 0 Å². The smallest absolute Gasteiger partial charge is 0.307 e. The van der Waals surface area contributed by atoms with Crippen LogP contribution in [0, 0.1) is 0 Å². The average molecular weight is 327 g/mol. The highest BCUT2D eigenvalue weighted by Crippen LogP contribution is 2.21. The Morgan fingerprint density at radius 1 is 1.42 bits per heavy atom. The van der Waals surface area contributed by atoms with Gasteiger partial charge >= 0.3 is 5.97 Å². The molecule has 2 unspecified atom stereocenters. The molecule has 4 nitrogen and oxygen atoms in total. The highest BCUT2D eigenvalue weighted by Gasteiger charge is 2.26. The topological polar surface area (TPSA) is 41.6 Å². The maximum Gasteiger partial charge on any atom is 0.307 e. The molecule has 1 aromatic carbocycles. The summed E-state index contributed by atoms with van der Waals surface area (Å²) in [7, 11) is 1.43. The van der Waals surface area contributed by atoms with Crippen molar-refractivity contribution < 1.29 is 9.53 Å². The summed E-state index contributed by atoms with van der Waals surface area (Å²) in [5.41, 5.74) is 1.19. The molecule has 0 aromatic heterocycles. The lowest BCUT2D eigenvalue weighted by atomic mass is 10.1. The number of benzene rings is 1. The zero-order valence-electron chi connectivity index (χ0n) is 11.2. The number of carbonyl (C=O) groups is 1. The molecular weight excluding hydrogens is 308 g/mol. The summed E-state index contributed by atoms with van der Waals surface area (Å²) in [5.74, 6) is -0.164. The van der Waals surface area contributed by atoms with E-state index >= 15 is 0 Å². The Morgan fingerprint density at radius 2 is 2.11 bits per heavy atom. The highest BCUT2D eigenvalue weighted by atomic mass is 79.9. The van der Waals surface area contributed by atoms with E-state index in [0.29, 0.717) is 12.5 Å². The molecule has 0 spiro atoms. The van der Waals surface area contributed by atoms with E-state index in [-0.39, 0.29) is 12.0 Å². The number of nitrogens with zero attached hydrogens (tertiary/aromatic N) is 1. The molecule has 1 saturated heterocycles. The normalized spacial score (nSPS) is 23.2. The number of ether oxygens (including phenoxy) is 1. The Hall–Kier alpha value is -1.07. The van der Waals surface area contributed by atoms with Crippen LogP contribution in [0.25, 0.3) is 0 Å². The van der Waals surface area contributed by atoms with Gasteiger partial charge in [-0.15, -0.1) is 0 Å². The number of rotatable bonds is 3. The summed E-state index contributed by atoms with van der Waals surface area (Å²) >= 11 is 3.44. The van der Waals surface area contributed by atoms with Crippen LogP contribution in [0.4, 0.5) is 5.69 Å². The van der Waals surface area contributed by atoms with Gasteiger partial charge in [0.1, 0.15) is 0 Å². The van der Waals surface area contributed by atoms with E-state index in [0.717, 1.165) is 17.6 Å². The first-order valence-corrected chi connectivity index (χ1v) is 7.21. The van der Waals surface area contributed by atoms with Gasteiger partial charge in [0, 0.05) is 35.3 Å². The van der Waals surface area contributed by atoms with Gasteiger partial charge in [0.05, 0.1) is 13.5 Å². The molecule has 19 heavy (non-hydrogen) atoms. The fourth-order valence-electron chi connectivity index (χ4n) is 2.45. The van der Waals surface area contributed by atoms with Crippen LogP contribution >= 0.6 is 15.9 Å². The number of methoxy groups -OCH3 is 1. The minimum Gasteiger partial charge on any atom is -0.469 e. The molecule has 1 heterocycles. The van der Waals surface area contributed by atoms with Gasteiger partial charge in [-0.25, -0.2) is 0 Å². The predicted octanol–water partition coefficient (Wildman–Crippen LogP) is 2.18. The molecule has 5 heteroatoms. The van der Waals surface area contributed by atoms with Crippen LogP contribution in [0.15, 0.2) is 28.7 Å². The first kappa shape index (κ1) is 14.3. The molecule has 0 amide bonds. The molecule has 104 valence electrons. The van der Waals surface area contributed by atoms with Crippen molar-refractivity contribution in [1.29, 1.82) is 0 Å². The third-order valence-electron chi connectivity index (χ3n) is 3.29. The maximum absolute atomic E-state index is 11.4. The highest BCUT2D eigenvalue weighted by molar-refractivity contribution is 9.10. The van der Waals surface area contributed by atoms with Crippen molar-refractivity contribution in [3.05, 3.63) is 28.7 Å². The third kappa shape index (κ3) is 3.94. The Balaban J connectivity index is 2.05. The fourth-order valence-corrected chi connectivity index (χ4v) is 2.71. The molecule has 0 bridgehead atoms. The molecule has 1 aromatic rings. The van der Waals surface area contributed by atoms with Gasteiger partial charge < -0.3 is 15.0 Å². The number of piperazine rings is 1. The number of esters is 1. The number of halogens is 1. The van der Waals surface area contributed by atoms with Crippen molar-refractivity contribution in [2.75, 3.05) is 25.1 Å². The maximum atomic E-state index is 11.4. The Kier molecular flexibility index (Phi) is 4.82. The summed E-state index contributed by atoms with van der Waals surface area (Å²) in [6, 6.07) is 8.76. The second-order valence-electron chi connectivity index (χ2n) is 4.93. The first-order chi connectivity index (χ1) is 9.08. The van der Waals surface area contributed by atoms with Gasteiger partial charge in [0.15, 0.2) is 0 Å². The largest absolute Gasteiger partial charge is 0.469 e. The van der Waals surface area contributed by atoms with E-state index in [1.165, 1.54) is 12.8 Å². The predicted molar refractivity (Wildman–Crippen MR) is 79.4 cm³/mol. The number of hydrogen-bond acceptors (Lipinski definition) is 4. The van der Waals surface area contributed by atoms with Crippen molar-refractivity contribution in [2.24, 2.45) is 0 Å². The lowest BCUT2D eigenvalue weighted by Crippen LogP contribution is -2.56. The Bertz CT molecular complexity index is 436. The van der Waals surface area contributed by atoms with Crippen molar-refractivity contribution in [3.63, 3.8) is 0 Å². The van der Waals surface area contributed by atoms with E-state index in [4.69, 9.17) is 4.74 Å². The quantitative estimate of drug-likeness (QED) is 0.864.